The Balaban J connectivity index is 1.53. The van der Waals surface area contributed by atoms with Crippen LogP contribution in [0.15, 0.2) is 46.3 Å². The molecule has 3 aromatic rings. The first kappa shape index (κ1) is 22.0. The maximum Gasteiger partial charge on any atom is 0.248 e. The van der Waals surface area contributed by atoms with E-state index in [9.17, 15) is 17.6 Å². The fourth-order valence-electron chi connectivity index (χ4n) is 3.27. The molecule has 10 heteroatoms. The van der Waals surface area contributed by atoms with Gasteiger partial charge in [-0.2, -0.15) is 4.99 Å². The third-order valence-corrected chi connectivity index (χ3v) is 7.65. The van der Waals surface area contributed by atoms with Crippen molar-refractivity contribution in [3.05, 3.63) is 47.0 Å². The summed E-state index contributed by atoms with van der Waals surface area (Å²) >= 11 is 1.29. The van der Waals surface area contributed by atoms with Crippen molar-refractivity contribution in [1.29, 1.82) is 0 Å². The average molecular weight is 475 g/mol. The van der Waals surface area contributed by atoms with Crippen molar-refractivity contribution in [2.45, 2.75) is 24.3 Å². The van der Waals surface area contributed by atoms with Crippen LogP contribution >= 0.6 is 11.3 Å². The van der Waals surface area contributed by atoms with E-state index >= 15 is 0 Å². The molecule has 0 spiro atoms. The molecule has 0 aliphatic carbocycles. The number of carbonyl (C=O) groups is 1. The minimum absolute atomic E-state index is 0.0214. The summed E-state index contributed by atoms with van der Waals surface area (Å²) in [7, 11) is -3.61. The fourth-order valence-corrected chi connectivity index (χ4v) is 5.64. The number of aromatic nitrogens is 1. The number of nitrogens with zero attached hydrogens (tertiary/aromatic N) is 2. The van der Waals surface area contributed by atoms with Crippen LogP contribution in [0.2, 0.25) is 0 Å². The number of thiazole rings is 1. The van der Waals surface area contributed by atoms with E-state index in [-0.39, 0.29) is 30.0 Å². The molecule has 1 aliphatic rings. The van der Waals surface area contributed by atoms with Crippen LogP contribution in [0.5, 0.6) is 11.5 Å². The predicted octanol–water partition coefficient (Wildman–Crippen LogP) is 2.93. The predicted molar refractivity (Wildman–Crippen MR) is 118 cm³/mol. The van der Waals surface area contributed by atoms with Gasteiger partial charge < -0.3 is 14.0 Å². The molecule has 2 heterocycles. The lowest BCUT2D eigenvalue weighted by atomic mass is 10.2. The van der Waals surface area contributed by atoms with Crippen molar-refractivity contribution in [3.8, 4) is 23.8 Å². The molecule has 0 atom stereocenters. The van der Waals surface area contributed by atoms with Gasteiger partial charge in [-0.05, 0) is 30.7 Å². The molecule has 1 aromatic heterocycles. The summed E-state index contributed by atoms with van der Waals surface area (Å²) in [4.78, 5) is 17.1. The Bertz CT molecular complexity index is 1380. The van der Waals surface area contributed by atoms with Crippen molar-refractivity contribution in [1.82, 2.24) is 4.57 Å². The number of ether oxygens (including phenoxy) is 2. The van der Waals surface area contributed by atoms with Crippen LogP contribution in [0.25, 0.3) is 10.2 Å². The van der Waals surface area contributed by atoms with Crippen LogP contribution in [0.4, 0.5) is 4.39 Å². The number of hydrogen-bond donors (Lipinski definition) is 0. The van der Waals surface area contributed by atoms with Gasteiger partial charge in [-0.15, -0.1) is 6.42 Å². The highest BCUT2D eigenvalue weighted by molar-refractivity contribution is 7.91. The Morgan fingerprint density at radius 1 is 1.19 bits per heavy atom. The van der Waals surface area contributed by atoms with Crippen LogP contribution in [-0.2, 0) is 21.2 Å². The Morgan fingerprint density at radius 3 is 2.56 bits per heavy atom. The number of amides is 1. The van der Waals surface area contributed by atoms with Gasteiger partial charge in [0.2, 0.25) is 5.91 Å². The third-order valence-electron chi connectivity index (χ3n) is 4.79. The van der Waals surface area contributed by atoms with Crippen LogP contribution in [0.1, 0.15) is 12.8 Å². The second kappa shape index (κ2) is 9.14. The van der Waals surface area contributed by atoms with Crippen molar-refractivity contribution in [2.24, 2.45) is 4.99 Å². The van der Waals surface area contributed by atoms with E-state index in [0.29, 0.717) is 29.5 Å². The van der Waals surface area contributed by atoms with Gasteiger partial charge in [-0.3, -0.25) is 4.79 Å². The smallest absolute Gasteiger partial charge is 0.248 e. The zero-order valence-electron chi connectivity index (χ0n) is 16.9. The number of halogens is 1. The molecule has 2 aromatic carbocycles. The van der Waals surface area contributed by atoms with Crippen LogP contribution in [0.3, 0.4) is 0 Å². The maximum atomic E-state index is 13.0. The van der Waals surface area contributed by atoms with Gasteiger partial charge in [0.05, 0.1) is 27.4 Å². The monoisotopic (exact) mass is 474 g/mol. The average Bonchev–Trinajstić information content (AvgIpc) is 3.08. The Morgan fingerprint density at radius 2 is 1.88 bits per heavy atom. The van der Waals surface area contributed by atoms with Crippen molar-refractivity contribution >= 4 is 37.3 Å². The van der Waals surface area contributed by atoms with E-state index in [2.05, 4.69) is 10.9 Å². The van der Waals surface area contributed by atoms with E-state index < -0.39 is 21.6 Å². The van der Waals surface area contributed by atoms with E-state index in [0.717, 1.165) is 22.3 Å². The summed E-state index contributed by atoms with van der Waals surface area (Å²) in [6, 6.07) is 8.25. The Kier molecular flexibility index (Phi) is 6.30. The molecule has 0 bridgehead atoms. The lowest BCUT2D eigenvalue weighted by Gasteiger charge is -2.18. The lowest BCUT2D eigenvalue weighted by Crippen LogP contribution is -2.17. The molecule has 32 heavy (non-hydrogen) atoms. The van der Waals surface area contributed by atoms with Crippen molar-refractivity contribution in [3.63, 3.8) is 0 Å². The molecular weight excluding hydrogens is 455 g/mol. The number of carbonyl (C=O) groups excluding carboxylic acids is 1. The SMILES string of the molecule is C#CCn1c(=NC(=O)CCCS(=O)(=O)c2ccc(F)cc2)sc2cc3c(cc21)OCCO3. The zero-order chi connectivity index (χ0) is 22.7. The van der Waals surface area contributed by atoms with Gasteiger partial charge in [-0.1, -0.05) is 17.3 Å². The van der Waals surface area contributed by atoms with E-state index in [4.69, 9.17) is 15.9 Å². The summed E-state index contributed by atoms with van der Waals surface area (Å²) in [6.07, 6.45) is 5.55. The van der Waals surface area contributed by atoms with Crippen LogP contribution < -0.4 is 14.3 Å². The topological polar surface area (TPSA) is 87.0 Å². The van der Waals surface area contributed by atoms with Gasteiger partial charge in [0.25, 0.3) is 0 Å². The van der Waals surface area contributed by atoms with Crippen LogP contribution in [-0.4, -0.2) is 37.9 Å². The van der Waals surface area contributed by atoms with Crippen molar-refractivity contribution in [2.75, 3.05) is 19.0 Å². The quantitative estimate of drug-likeness (QED) is 0.405. The molecule has 0 saturated carbocycles. The van der Waals surface area contributed by atoms with Gasteiger partial charge in [0.1, 0.15) is 19.0 Å². The molecule has 4 rings (SSSR count). The number of hydrogen-bond acceptors (Lipinski definition) is 6. The zero-order valence-corrected chi connectivity index (χ0v) is 18.5. The molecule has 7 nitrogen and oxygen atoms in total. The van der Waals surface area contributed by atoms with Crippen molar-refractivity contribution < 1.29 is 27.1 Å². The molecule has 0 unspecified atom stereocenters. The summed E-state index contributed by atoms with van der Waals surface area (Å²) in [5.41, 5.74) is 0.780. The van der Waals surface area contributed by atoms with E-state index in [1.807, 2.05) is 12.1 Å². The highest BCUT2D eigenvalue weighted by Crippen LogP contribution is 2.35. The second-order valence-electron chi connectivity index (χ2n) is 7.02. The third kappa shape index (κ3) is 4.69. The molecule has 0 saturated heterocycles. The van der Waals surface area contributed by atoms with Gasteiger partial charge in [-0.25, -0.2) is 12.8 Å². The largest absolute Gasteiger partial charge is 0.486 e. The summed E-state index contributed by atoms with van der Waals surface area (Å²) in [5.74, 6) is 2.59. The second-order valence-corrected chi connectivity index (χ2v) is 10.1. The first-order valence-corrected chi connectivity index (χ1v) is 12.3. The standard InChI is InChI=1S/C22H19FN2O5S2/c1-2-9-25-17-13-18-19(30-11-10-29-18)14-20(17)31-22(25)24-21(26)4-3-12-32(27,28)16-7-5-15(23)6-8-16/h1,5-8,13-14H,3-4,9-12H2. The summed E-state index contributed by atoms with van der Waals surface area (Å²) in [6.45, 7) is 1.13. The summed E-state index contributed by atoms with van der Waals surface area (Å²) in [5, 5.41) is 0. The molecule has 0 fully saturated rings. The number of rotatable bonds is 6. The first-order valence-electron chi connectivity index (χ1n) is 9.80. The molecule has 0 N–H and O–H groups in total. The highest BCUT2D eigenvalue weighted by atomic mass is 32.2. The van der Waals surface area contributed by atoms with Gasteiger partial charge in [0, 0.05) is 18.6 Å². The molecule has 0 radical (unpaired) electrons. The highest BCUT2D eigenvalue weighted by Gasteiger charge is 2.18. The summed E-state index contributed by atoms with van der Waals surface area (Å²) < 4.78 is 51.5. The van der Waals surface area contributed by atoms with Gasteiger partial charge in [0.15, 0.2) is 26.1 Å². The fraction of sp³-hybridized carbons (Fsp3) is 0.273. The normalized spacial score (nSPS) is 13.8. The van der Waals surface area contributed by atoms with Crippen LogP contribution in [0, 0.1) is 18.2 Å². The first-order chi connectivity index (χ1) is 15.4. The molecule has 166 valence electrons. The Labute approximate surface area is 188 Å². The molecule has 1 amide bonds. The molecule has 1 aliphatic heterocycles. The minimum Gasteiger partial charge on any atom is -0.486 e. The maximum absolute atomic E-state index is 13.0. The number of benzene rings is 2. The van der Waals surface area contributed by atoms with E-state index in [1.165, 1.54) is 23.5 Å². The number of sulfone groups is 1. The lowest BCUT2D eigenvalue weighted by molar-refractivity contribution is -0.118. The minimum atomic E-state index is -3.61. The van der Waals surface area contributed by atoms with Gasteiger partial charge >= 0.3 is 0 Å². The number of terminal acetylenes is 1. The molecular formula is C22H19FN2O5S2. The number of fused-ring (bicyclic) bond motifs is 2. The Hall–Kier alpha value is -3.16. The van der Waals surface area contributed by atoms with E-state index in [1.54, 1.807) is 4.57 Å².